The number of rotatable bonds is 4. The maximum atomic E-state index is 11.3. The molecule has 0 aliphatic heterocycles. The topological polar surface area (TPSA) is 54.4 Å². The Kier molecular flexibility index (Phi) is 7.71. The smallest absolute Gasteiger partial charge is 1.00 e. The van der Waals surface area contributed by atoms with Crippen molar-refractivity contribution in [3.05, 3.63) is 28.8 Å². The van der Waals surface area contributed by atoms with Crippen LogP contribution in [0.2, 0.25) is 0 Å². The van der Waals surface area contributed by atoms with Crippen LogP contribution in [0.1, 0.15) is 38.9 Å². The summed E-state index contributed by atoms with van der Waals surface area (Å²) in [6, 6.07) is 3.73. The van der Waals surface area contributed by atoms with Gasteiger partial charge in [-0.3, -0.25) is 4.55 Å². The fourth-order valence-corrected chi connectivity index (χ4v) is 2.96. The molecule has 17 heavy (non-hydrogen) atoms. The standard InChI is InChI=1S/C12H18O3S.K.H/c1-4-9-7-10(5-2)12(16(13,14)15)11(6-3)8-9;;/h7-8H,4-6H2,1-3H3,(H,13,14,15);;/q;+1;-1. The van der Waals surface area contributed by atoms with Crippen LogP contribution in [0, 0.1) is 0 Å². The van der Waals surface area contributed by atoms with Crippen molar-refractivity contribution in [3.8, 4) is 0 Å². The van der Waals surface area contributed by atoms with Crippen LogP contribution in [-0.4, -0.2) is 13.0 Å². The molecule has 0 spiro atoms. The van der Waals surface area contributed by atoms with Crippen molar-refractivity contribution in [1.29, 1.82) is 0 Å². The van der Waals surface area contributed by atoms with Gasteiger partial charge in [0.15, 0.2) is 0 Å². The van der Waals surface area contributed by atoms with E-state index in [0.29, 0.717) is 24.0 Å². The zero-order valence-electron chi connectivity index (χ0n) is 11.9. The van der Waals surface area contributed by atoms with Crippen LogP contribution < -0.4 is 51.4 Å². The third kappa shape index (κ3) is 4.42. The van der Waals surface area contributed by atoms with Crippen LogP contribution in [0.4, 0.5) is 0 Å². The van der Waals surface area contributed by atoms with Gasteiger partial charge in [-0.25, -0.2) is 0 Å². The van der Waals surface area contributed by atoms with Gasteiger partial charge in [-0.2, -0.15) is 8.42 Å². The van der Waals surface area contributed by atoms with E-state index in [-0.39, 0.29) is 57.7 Å². The molecule has 0 saturated heterocycles. The Bertz CT molecular complexity index is 461. The summed E-state index contributed by atoms with van der Waals surface area (Å²) in [7, 11) is -4.11. The van der Waals surface area contributed by atoms with Gasteiger partial charge in [-0.1, -0.05) is 32.9 Å². The van der Waals surface area contributed by atoms with Crippen molar-refractivity contribution in [2.75, 3.05) is 0 Å². The molecule has 0 aliphatic carbocycles. The van der Waals surface area contributed by atoms with Gasteiger partial charge in [0.1, 0.15) is 4.90 Å². The minimum atomic E-state index is -4.11. The van der Waals surface area contributed by atoms with Gasteiger partial charge >= 0.3 is 51.4 Å². The van der Waals surface area contributed by atoms with E-state index in [1.807, 2.05) is 32.9 Å². The zero-order chi connectivity index (χ0) is 12.3. The van der Waals surface area contributed by atoms with E-state index in [2.05, 4.69) is 0 Å². The minimum Gasteiger partial charge on any atom is -1.00 e. The Morgan fingerprint density at radius 2 is 1.47 bits per heavy atom. The second-order valence-corrected chi connectivity index (χ2v) is 5.14. The Balaban J connectivity index is 0. The molecule has 5 heteroatoms. The first-order valence-corrected chi connectivity index (χ1v) is 7.00. The van der Waals surface area contributed by atoms with E-state index in [9.17, 15) is 13.0 Å². The van der Waals surface area contributed by atoms with Crippen LogP contribution in [0.5, 0.6) is 0 Å². The fraction of sp³-hybridized carbons (Fsp3) is 0.500. The maximum absolute atomic E-state index is 11.3. The average Bonchev–Trinajstić information content (AvgIpc) is 2.25. The third-order valence-electron chi connectivity index (χ3n) is 2.73. The molecule has 0 saturated carbocycles. The summed E-state index contributed by atoms with van der Waals surface area (Å²) in [6.07, 6.45) is 2.08. The van der Waals surface area contributed by atoms with Crippen molar-refractivity contribution in [1.82, 2.24) is 0 Å². The molecule has 0 atom stereocenters. The van der Waals surface area contributed by atoms with Crippen LogP contribution in [0.15, 0.2) is 17.0 Å². The Morgan fingerprint density at radius 3 is 1.71 bits per heavy atom. The van der Waals surface area contributed by atoms with Crippen LogP contribution >= 0.6 is 0 Å². The second-order valence-electron chi connectivity index (χ2n) is 3.78. The summed E-state index contributed by atoms with van der Waals surface area (Å²) in [5.74, 6) is 0. The average molecular weight is 282 g/mol. The summed E-state index contributed by atoms with van der Waals surface area (Å²) in [4.78, 5) is 0.106. The first-order chi connectivity index (χ1) is 7.43. The summed E-state index contributed by atoms with van der Waals surface area (Å²) in [6.45, 7) is 5.81. The van der Waals surface area contributed by atoms with E-state index < -0.39 is 10.1 Å². The molecule has 0 amide bonds. The summed E-state index contributed by atoms with van der Waals surface area (Å²) in [5.41, 5.74) is 2.53. The number of hydrogen-bond donors (Lipinski definition) is 1. The number of benzene rings is 1. The van der Waals surface area contributed by atoms with Crippen LogP contribution in [0.25, 0.3) is 0 Å². The van der Waals surface area contributed by atoms with Crippen LogP contribution in [0.3, 0.4) is 0 Å². The van der Waals surface area contributed by atoms with E-state index in [1.165, 1.54) is 0 Å². The molecule has 0 aromatic heterocycles. The molecule has 3 nitrogen and oxygen atoms in total. The molecule has 0 bridgehead atoms. The SMILES string of the molecule is CCc1cc(CC)c(S(=O)(=O)O)c(CC)c1.[H-].[K+]. The zero-order valence-corrected chi connectivity index (χ0v) is 14.9. The van der Waals surface area contributed by atoms with Crippen molar-refractivity contribution in [2.24, 2.45) is 0 Å². The summed E-state index contributed by atoms with van der Waals surface area (Å²) in [5, 5.41) is 0. The first kappa shape index (κ1) is 17.8. The van der Waals surface area contributed by atoms with E-state index in [1.54, 1.807) is 0 Å². The molecule has 1 rings (SSSR count). The van der Waals surface area contributed by atoms with Gasteiger partial charge in [-0.15, -0.1) is 0 Å². The first-order valence-electron chi connectivity index (χ1n) is 5.56. The minimum absolute atomic E-state index is 0. The van der Waals surface area contributed by atoms with Gasteiger partial charge in [-0.05, 0) is 36.0 Å². The predicted octanol–water partition coefficient (Wildman–Crippen LogP) is -0.263. The molecule has 1 aromatic rings. The molecule has 0 heterocycles. The van der Waals surface area contributed by atoms with E-state index >= 15 is 0 Å². The van der Waals surface area contributed by atoms with Gasteiger partial charge < -0.3 is 1.43 Å². The molecule has 92 valence electrons. The Labute approximate surface area is 148 Å². The van der Waals surface area contributed by atoms with Crippen LogP contribution in [-0.2, 0) is 29.4 Å². The van der Waals surface area contributed by atoms with E-state index in [4.69, 9.17) is 0 Å². The monoisotopic (exact) mass is 282 g/mol. The van der Waals surface area contributed by atoms with E-state index in [0.717, 1.165) is 12.0 Å². The predicted molar refractivity (Wildman–Crippen MR) is 65.5 cm³/mol. The number of hydrogen-bond acceptors (Lipinski definition) is 2. The second kappa shape index (κ2) is 7.38. The molecule has 1 N–H and O–H groups in total. The maximum Gasteiger partial charge on any atom is 1.00 e. The van der Waals surface area contributed by atoms with Crippen molar-refractivity contribution in [3.63, 3.8) is 0 Å². The molecular weight excluding hydrogens is 263 g/mol. The summed E-state index contributed by atoms with van der Waals surface area (Å²) < 4.78 is 31.9. The fourth-order valence-electron chi connectivity index (χ4n) is 1.89. The largest absolute Gasteiger partial charge is 1.00 e. The molecular formula is C12H19KO3S. The third-order valence-corrected chi connectivity index (χ3v) is 3.77. The normalized spacial score (nSPS) is 11.1. The molecule has 0 radical (unpaired) electrons. The van der Waals surface area contributed by atoms with Crippen molar-refractivity contribution in [2.45, 2.75) is 44.9 Å². The van der Waals surface area contributed by atoms with Gasteiger partial charge in [0.2, 0.25) is 0 Å². The molecule has 0 unspecified atom stereocenters. The number of aryl methyl sites for hydroxylation is 3. The van der Waals surface area contributed by atoms with Crippen molar-refractivity contribution >= 4 is 10.1 Å². The van der Waals surface area contributed by atoms with Crippen molar-refractivity contribution < 1.29 is 65.8 Å². The molecule has 1 aromatic carbocycles. The van der Waals surface area contributed by atoms with Gasteiger partial charge in [0.05, 0.1) is 0 Å². The Hall–Kier alpha value is 0.766. The molecule has 0 aliphatic rings. The summed E-state index contributed by atoms with van der Waals surface area (Å²) >= 11 is 0. The quantitative estimate of drug-likeness (QED) is 0.611. The van der Waals surface area contributed by atoms with Gasteiger partial charge in [0.25, 0.3) is 10.1 Å². The van der Waals surface area contributed by atoms with Gasteiger partial charge in [0, 0.05) is 0 Å². The Morgan fingerprint density at radius 1 is 1.06 bits per heavy atom. The molecule has 0 fully saturated rings.